The molecule has 0 amide bonds. The van der Waals surface area contributed by atoms with Gasteiger partial charge in [-0.15, -0.1) is 0 Å². The van der Waals surface area contributed by atoms with E-state index in [2.05, 4.69) is 28.8 Å². The van der Waals surface area contributed by atoms with E-state index >= 15 is 0 Å². The van der Waals surface area contributed by atoms with Gasteiger partial charge in [-0.3, -0.25) is 4.98 Å². The monoisotopic (exact) mass is 431 g/mol. The molecule has 6 heteroatoms. The van der Waals surface area contributed by atoms with Crippen LogP contribution in [0.25, 0.3) is 22.6 Å². The molecular formula is C26H29N3O3. The molecule has 1 aliphatic carbocycles. The molecule has 0 bridgehead atoms. The van der Waals surface area contributed by atoms with Crippen molar-refractivity contribution in [2.24, 2.45) is 0 Å². The standard InChI is InChI=1S/C26H29N3O3/c1-17-5-4-6-20(27-17)23-24(18-7-8-21-22(15-18)32-16-31-21)29-14-3-2-11-26(25(29)28-23)12-9-19(30)10-13-26/h4-8,15,19,30H,2-3,9-14,16H2,1H3/t19-,26+. The Morgan fingerprint density at radius 1 is 1.00 bits per heavy atom. The molecule has 0 unspecified atom stereocenters. The number of rotatable bonds is 2. The lowest BCUT2D eigenvalue weighted by atomic mass is 9.70. The number of aromatic nitrogens is 3. The quantitative estimate of drug-likeness (QED) is 0.618. The lowest BCUT2D eigenvalue weighted by Crippen LogP contribution is -2.35. The summed E-state index contributed by atoms with van der Waals surface area (Å²) in [5.41, 5.74) is 5.06. The van der Waals surface area contributed by atoms with E-state index in [0.717, 1.165) is 84.9 Å². The normalized spacial score (nSPS) is 24.4. The Kier molecular flexibility index (Phi) is 4.72. The fraction of sp³-hybridized carbons (Fsp3) is 0.462. The Labute approximate surface area is 188 Å². The molecule has 1 aromatic carbocycles. The van der Waals surface area contributed by atoms with Crippen LogP contribution in [0.1, 0.15) is 56.5 Å². The number of hydrogen-bond donors (Lipinski definition) is 1. The third-order valence-corrected chi connectivity index (χ3v) is 7.42. The van der Waals surface area contributed by atoms with Gasteiger partial charge in [-0.25, -0.2) is 4.98 Å². The molecule has 6 nitrogen and oxygen atoms in total. The van der Waals surface area contributed by atoms with Crippen molar-refractivity contribution in [2.45, 2.75) is 69.9 Å². The van der Waals surface area contributed by atoms with Crippen molar-refractivity contribution in [3.05, 3.63) is 47.9 Å². The molecule has 6 rings (SSSR count). The average Bonchev–Trinajstić information content (AvgIpc) is 3.39. The number of aliphatic hydroxyl groups excluding tert-OH is 1. The maximum Gasteiger partial charge on any atom is 0.231 e. The number of aryl methyl sites for hydroxylation is 1. The predicted octanol–water partition coefficient (Wildman–Crippen LogP) is 5.01. The second-order valence-corrected chi connectivity index (χ2v) is 9.49. The maximum atomic E-state index is 10.2. The van der Waals surface area contributed by atoms with E-state index in [4.69, 9.17) is 19.4 Å². The van der Waals surface area contributed by atoms with Crippen LogP contribution < -0.4 is 9.47 Å². The average molecular weight is 432 g/mol. The van der Waals surface area contributed by atoms with E-state index in [0.29, 0.717) is 0 Å². The van der Waals surface area contributed by atoms with Crippen molar-refractivity contribution in [3.63, 3.8) is 0 Å². The minimum atomic E-state index is -0.182. The van der Waals surface area contributed by atoms with E-state index in [-0.39, 0.29) is 18.3 Å². The predicted molar refractivity (Wildman–Crippen MR) is 122 cm³/mol. The first kappa shape index (κ1) is 19.8. The fourth-order valence-electron chi connectivity index (χ4n) is 5.74. The summed E-state index contributed by atoms with van der Waals surface area (Å²) in [5.74, 6) is 2.75. The highest BCUT2D eigenvalue weighted by atomic mass is 16.7. The first-order valence-corrected chi connectivity index (χ1v) is 11.8. The van der Waals surface area contributed by atoms with Crippen molar-refractivity contribution in [1.29, 1.82) is 0 Å². The number of hydrogen-bond acceptors (Lipinski definition) is 5. The van der Waals surface area contributed by atoms with Crippen molar-refractivity contribution in [2.75, 3.05) is 6.79 Å². The first-order valence-electron chi connectivity index (χ1n) is 11.8. The van der Waals surface area contributed by atoms with Crippen LogP contribution in [0.15, 0.2) is 36.4 Å². The van der Waals surface area contributed by atoms with Crippen LogP contribution >= 0.6 is 0 Å². The Balaban J connectivity index is 1.58. The Morgan fingerprint density at radius 2 is 1.84 bits per heavy atom. The SMILES string of the molecule is Cc1cccc(-c2nc3n(c2-c2ccc4c(c2)OCO4)CCCC[C@]32CC[C@H](O)CC2)n1. The lowest BCUT2D eigenvalue weighted by molar-refractivity contribution is 0.0888. The molecule has 1 spiro atoms. The third-order valence-electron chi connectivity index (χ3n) is 7.42. The number of aliphatic hydroxyl groups is 1. The summed E-state index contributed by atoms with van der Waals surface area (Å²) < 4.78 is 13.7. The van der Waals surface area contributed by atoms with Gasteiger partial charge in [0.2, 0.25) is 6.79 Å². The molecule has 0 atom stereocenters. The van der Waals surface area contributed by atoms with Crippen LogP contribution in [0, 0.1) is 6.92 Å². The molecule has 4 heterocycles. The molecule has 1 saturated carbocycles. The molecule has 0 saturated heterocycles. The molecule has 1 N–H and O–H groups in total. The van der Waals surface area contributed by atoms with E-state index in [1.165, 1.54) is 12.2 Å². The van der Waals surface area contributed by atoms with Gasteiger partial charge in [0.1, 0.15) is 11.5 Å². The maximum absolute atomic E-state index is 10.2. The fourth-order valence-corrected chi connectivity index (χ4v) is 5.74. The molecule has 2 aliphatic heterocycles. The van der Waals surface area contributed by atoms with E-state index in [1.54, 1.807) is 0 Å². The second kappa shape index (κ2) is 7.62. The van der Waals surface area contributed by atoms with Crippen molar-refractivity contribution >= 4 is 0 Å². The summed E-state index contributed by atoms with van der Waals surface area (Å²) >= 11 is 0. The van der Waals surface area contributed by atoms with Crippen LogP contribution in [-0.2, 0) is 12.0 Å². The zero-order valence-electron chi connectivity index (χ0n) is 18.5. The number of pyridine rings is 1. The molecule has 166 valence electrons. The zero-order valence-corrected chi connectivity index (χ0v) is 18.5. The summed E-state index contributed by atoms with van der Waals surface area (Å²) in [6.07, 6.45) is 6.97. The highest BCUT2D eigenvalue weighted by molar-refractivity contribution is 5.79. The van der Waals surface area contributed by atoms with Gasteiger partial charge in [0.15, 0.2) is 11.5 Å². The molecule has 3 aliphatic rings. The minimum Gasteiger partial charge on any atom is -0.454 e. The number of fused-ring (bicyclic) bond motifs is 3. The molecule has 2 aromatic heterocycles. The highest BCUT2D eigenvalue weighted by Crippen LogP contribution is 2.48. The van der Waals surface area contributed by atoms with Gasteiger partial charge in [0.05, 0.1) is 17.5 Å². The van der Waals surface area contributed by atoms with E-state index in [9.17, 15) is 5.11 Å². The van der Waals surface area contributed by atoms with Gasteiger partial charge >= 0.3 is 0 Å². The van der Waals surface area contributed by atoms with Crippen LogP contribution in [0.2, 0.25) is 0 Å². The van der Waals surface area contributed by atoms with E-state index < -0.39 is 0 Å². The number of nitrogens with zero attached hydrogens (tertiary/aromatic N) is 3. The molecular weight excluding hydrogens is 402 g/mol. The molecule has 1 fully saturated rings. The number of imidazole rings is 1. The summed E-state index contributed by atoms with van der Waals surface area (Å²) in [5, 5.41) is 10.2. The van der Waals surface area contributed by atoms with Gasteiger partial charge in [-0.2, -0.15) is 0 Å². The Morgan fingerprint density at radius 3 is 2.69 bits per heavy atom. The topological polar surface area (TPSA) is 69.4 Å². The van der Waals surface area contributed by atoms with Gasteiger partial charge < -0.3 is 19.1 Å². The molecule has 32 heavy (non-hydrogen) atoms. The van der Waals surface area contributed by atoms with Gasteiger partial charge in [-0.1, -0.05) is 12.5 Å². The summed E-state index contributed by atoms with van der Waals surface area (Å²) in [4.78, 5) is 10.2. The zero-order chi connectivity index (χ0) is 21.7. The second-order valence-electron chi connectivity index (χ2n) is 9.49. The van der Waals surface area contributed by atoms with Crippen LogP contribution in [0.5, 0.6) is 11.5 Å². The Hall–Kier alpha value is -2.86. The highest BCUT2D eigenvalue weighted by Gasteiger charge is 2.42. The lowest BCUT2D eigenvalue weighted by Gasteiger charge is -2.37. The summed E-state index contributed by atoms with van der Waals surface area (Å²) in [6, 6.07) is 12.3. The Bertz CT molecular complexity index is 1160. The third kappa shape index (κ3) is 3.20. The van der Waals surface area contributed by atoms with Gasteiger partial charge in [-0.05, 0) is 75.8 Å². The summed E-state index contributed by atoms with van der Waals surface area (Å²) in [7, 11) is 0. The van der Waals surface area contributed by atoms with Gasteiger partial charge in [0.25, 0.3) is 0 Å². The smallest absolute Gasteiger partial charge is 0.231 e. The van der Waals surface area contributed by atoms with Crippen LogP contribution in [-0.4, -0.2) is 32.5 Å². The first-order chi connectivity index (χ1) is 15.6. The molecule has 3 aromatic rings. The molecule has 0 radical (unpaired) electrons. The minimum absolute atomic E-state index is 0.0306. The summed E-state index contributed by atoms with van der Waals surface area (Å²) in [6.45, 7) is 3.23. The number of ether oxygens (including phenoxy) is 2. The largest absolute Gasteiger partial charge is 0.454 e. The van der Waals surface area contributed by atoms with Crippen LogP contribution in [0.3, 0.4) is 0 Å². The van der Waals surface area contributed by atoms with E-state index in [1.807, 2.05) is 19.1 Å². The van der Waals surface area contributed by atoms with Gasteiger partial charge in [0, 0.05) is 23.2 Å². The van der Waals surface area contributed by atoms with Crippen LogP contribution in [0.4, 0.5) is 0 Å². The number of benzene rings is 1. The van der Waals surface area contributed by atoms with Crippen molar-refractivity contribution < 1.29 is 14.6 Å². The van der Waals surface area contributed by atoms with Crippen molar-refractivity contribution in [1.82, 2.24) is 14.5 Å². The van der Waals surface area contributed by atoms with Crippen molar-refractivity contribution in [3.8, 4) is 34.1 Å².